The predicted octanol–water partition coefficient (Wildman–Crippen LogP) is 2.53. The molecule has 0 heterocycles. The molecule has 120 valence electrons. The number of carbonyl (C=O) groups excluding carboxylic acids is 1. The van der Waals surface area contributed by atoms with Crippen molar-refractivity contribution in [2.75, 3.05) is 19.5 Å². The lowest BCUT2D eigenvalue weighted by Crippen LogP contribution is -2.30. The van der Waals surface area contributed by atoms with E-state index in [-0.39, 0.29) is 11.8 Å². The number of hydrogen-bond donors (Lipinski definition) is 2. The quantitative estimate of drug-likeness (QED) is 0.873. The van der Waals surface area contributed by atoms with Gasteiger partial charge in [-0.25, -0.2) is 0 Å². The summed E-state index contributed by atoms with van der Waals surface area (Å²) in [4.78, 5) is 23.4. The molecular formula is C16H21NO5. The molecule has 0 aromatic heterocycles. The lowest BCUT2D eigenvalue weighted by atomic mass is 9.81. The summed E-state index contributed by atoms with van der Waals surface area (Å²) < 4.78 is 10.3. The highest BCUT2D eigenvalue weighted by molar-refractivity contribution is 5.93. The first-order valence-electron chi connectivity index (χ1n) is 7.30. The van der Waals surface area contributed by atoms with Crippen molar-refractivity contribution in [2.45, 2.75) is 25.7 Å². The van der Waals surface area contributed by atoms with Crippen LogP contribution in [-0.4, -0.2) is 31.2 Å². The molecule has 2 unspecified atom stereocenters. The fourth-order valence-corrected chi connectivity index (χ4v) is 2.78. The number of aliphatic carboxylic acids is 1. The molecule has 0 radical (unpaired) electrons. The van der Waals surface area contributed by atoms with E-state index in [0.29, 0.717) is 30.0 Å². The predicted molar refractivity (Wildman–Crippen MR) is 81.3 cm³/mol. The van der Waals surface area contributed by atoms with Crippen LogP contribution in [0.1, 0.15) is 25.7 Å². The van der Waals surface area contributed by atoms with E-state index in [4.69, 9.17) is 14.6 Å². The molecule has 1 aromatic rings. The van der Waals surface area contributed by atoms with Gasteiger partial charge in [-0.2, -0.15) is 0 Å². The van der Waals surface area contributed by atoms with E-state index in [9.17, 15) is 9.59 Å². The van der Waals surface area contributed by atoms with E-state index < -0.39 is 11.9 Å². The lowest BCUT2D eigenvalue weighted by molar-refractivity contribution is -0.143. The Hall–Kier alpha value is -2.24. The van der Waals surface area contributed by atoms with Crippen molar-refractivity contribution < 1.29 is 24.2 Å². The molecule has 0 bridgehead atoms. The van der Waals surface area contributed by atoms with Gasteiger partial charge in [0.1, 0.15) is 11.5 Å². The number of benzene rings is 1. The number of ether oxygens (including phenoxy) is 2. The highest BCUT2D eigenvalue weighted by Gasteiger charge is 2.31. The number of rotatable bonds is 5. The van der Waals surface area contributed by atoms with Gasteiger partial charge in [0.05, 0.1) is 20.1 Å². The molecular weight excluding hydrogens is 286 g/mol. The van der Waals surface area contributed by atoms with Crippen molar-refractivity contribution in [1.29, 1.82) is 0 Å². The molecule has 0 aliphatic heterocycles. The first kappa shape index (κ1) is 16.1. The van der Waals surface area contributed by atoms with Crippen molar-refractivity contribution in [1.82, 2.24) is 0 Å². The molecule has 0 saturated heterocycles. The van der Waals surface area contributed by atoms with Crippen LogP contribution in [-0.2, 0) is 9.59 Å². The third kappa shape index (κ3) is 3.90. The average Bonchev–Trinajstić information content (AvgIpc) is 2.54. The number of anilines is 1. The van der Waals surface area contributed by atoms with Crippen LogP contribution in [0.15, 0.2) is 18.2 Å². The fourth-order valence-electron chi connectivity index (χ4n) is 2.78. The summed E-state index contributed by atoms with van der Waals surface area (Å²) in [5.74, 6) is -0.499. The molecule has 2 atom stereocenters. The van der Waals surface area contributed by atoms with Crippen molar-refractivity contribution in [3.8, 4) is 11.5 Å². The summed E-state index contributed by atoms with van der Waals surface area (Å²) in [5, 5.41) is 11.9. The summed E-state index contributed by atoms with van der Waals surface area (Å²) in [6.45, 7) is 0. The third-order valence-corrected chi connectivity index (χ3v) is 4.01. The number of carboxylic acids is 1. The van der Waals surface area contributed by atoms with Gasteiger partial charge < -0.3 is 19.9 Å². The number of carbonyl (C=O) groups is 2. The van der Waals surface area contributed by atoms with Gasteiger partial charge in [-0.3, -0.25) is 9.59 Å². The number of hydrogen-bond acceptors (Lipinski definition) is 4. The Balaban J connectivity index is 2.06. The zero-order chi connectivity index (χ0) is 16.1. The zero-order valence-electron chi connectivity index (χ0n) is 12.8. The van der Waals surface area contributed by atoms with E-state index in [2.05, 4.69) is 5.32 Å². The van der Waals surface area contributed by atoms with Crippen molar-refractivity contribution in [3.05, 3.63) is 18.2 Å². The fraction of sp³-hybridized carbons (Fsp3) is 0.500. The minimum atomic E-state index is -0.819. The van der Waals surface area contributed by atoms with Crippen LogP contribution in [0.3, 0.4) is 0 Å². The minimum absolute atomic E-state index is 0.152. The molecule has 1 saturated carbocycles. The molecule has 1 aliphatic carbocycles. The first-order chi connectivity index (χ1) is 10.5. The Kier molecular flexibility index (Phi) is 5.25. The number of methoxy groups -OCH3 is 2. The van der Waals surface area contributed by atoms with Gasteiger partial charge in [-0.05, 0) is 19.3 Å². The Morgan fingerprint density at radius 1 is 1.09 bits per heavy atom. The zero-order valence-corrected chi connectivity index (χ0v) is 12.8. The van der Waals surface area contributed by atoms with E-state index in [1.807, 2.05) is 0 Å². The topological polar surface area (TPSA) is 84.9 Å². The largest absolute Gasteiger partial charge is 0.497 e. The maximum absolute atomic E-state index is 12.3. The molecule has 1 aromatic carbocycles. The van der Waals surface area contributed by atoms with Gasteiger partial charge >= 0.3 is 5.97 Å². The summed E-state index contributed by atoms with van der Waals surface area (Å²) in [6.07, 6.45) is 2.52. The molecule has 22 heavy (non-hydrogen) atoms. The van der Waals surface area contributed by atoms with Gasteiger partial charge in [-0.15, -0.1) is 0 Å². The molecule has 1 fully saturated rings. The summed E-state index contributed by atoms with van der Waals surface area (Å²) >= 11 is 0. The number of carboxylic acid groups (broad SMARTS) is 1. The number of nitrogens with one attached hydrogen (secondary N) is 1. The Morgan fingerprint density at radius 2 is 1.68 bits per heavy atom. The minimum Gasteiger partial charge on any atom is -0.497 e. The van der Waals surface area contributed by atoms with Gasteiger partial charge in [-0.1, -0.05) is 6.42 Å². The monoisotopic (exact) mass is 307 g/mol. The maximum atomic E-state index is 12.3. The molecule has 0 spiro atoms. The lowest BCUT2D eigenvalue weighted by Gasteiger charge is -2.25. The molecule has 2 rings (SSSR count). The standard InChI is InChI=1S/C16H21NO5/c1-21-13-7-12(8-14(9-13)22-2)17-15(18)10-4-3-5-11(6-10)16(19)20/h7-11H,3-6H2,1-2H3,(H,17,18)(H,19,20). The van der Waals surface area contributed by atoms with Crippen LogP contribution in [0, 0.1) is 11.8 Å². The van der Waals surface area contributed by atoms with E-state index in [1.54, 1.807) is 32.4 Å². The second-order valence-corrected chi connectivity index (χ2v) is 5.49. The van der Waals surface area contributed by atoms with Crippen LogP contribution in [0.5, 0.6) is 11.5 Å². The third-order valence-electron chi connectivity index (χ3n) is 4.01. The SMILES string of the molecule is COc1cc(NC(=O)C2CCCC(C(=O)O)C2)cc(OC)c1. The molecule has 1 aliphatic rings. The summed E-state index contributed by atoms with van der Waals surface area (Å²) in [6, 6.07) is 5.13. The van der Waals surface area contributed by atoms with E-state index in [1.165, 1.54) is 0 Å². The first-order valence-corrected chi connectivity index (χ1v) is 7.30. The Bertz CT molecular complexity index is 535. The Labute approximate surface area is 129 Å². The van der Waals surface area contributed by atoms with Crippen molar-refractivity contribution in [3.63, 3.8) is 0 Å². The van der Waals surface area contributed by atoms with Crippen LogP contribution in [0.4, 0.5) is 5.69 Å². The van der Waals surface area contributed by atoms with Crippen LogP contribution < -0.4 is 14.8 Å². The molecule has 2 N–H and O–H groups in total. The second kappa shape index (κ2) is 7.15. The van der Waals surface area contributed by atoms with Crippen molar-refractivity contribution in [2.24, 2.45) is 11.8 Å². The molecule has 6 nitrogen and oxygen atoms in total. The van der Waals surface area contributed by atoms with Gasteiger partial charge in [0.25, 0.3) is 0 Å². The Morgan fingerprint density at radius 3 is 2.23 bits per heavy atom. The maximum Gasteiger partial charge on any atom is 0.306 e. The van der Waals surface area contributed by atoms with Crippen LogP contribution >= 0.6 is 0 Å². The van der Waals surface area contributed by atoms with Gasteiger partial charge in [0, 0.05) is 29.8 Å². The number of amides is 1. The molecule has 1 amide bonds. The normalized spacial score (nSPS) is 21.0. The smallest absolute Gasteiger partial charge is 0.306 e. The van der Waals surface area contributed by atoms with Crippen LogP contribution in [0.2, 0.25) is 0 Å². The highest BCUT2D eigenvalue weighted by Crippen LogP contribution is 2.31. The second-order valence-electron chi connectivity index (χ2n) is 5.49. The van der Waals surface area contributed by atoms with E-state index >= 15 is 0 Å². The van der Waals surface area contributed by atoms with E-state index in [0.717, 1.165) is 12.8 Å². The average molecular weight is 307 g/mol. The van der Waals surface area contributed by atoms with Gasteiger partial charge in [0.15, 0.2) is 0 Å². The summed E-state index contributed by atoms with van der Waals surface area (Å²) in [7, 11) is 3.08. The summed E-state index contributed by atoms with van der Waals surface area (Å²) in [5.41, 5.74) is 0.582. The van der Waals surface area contributed by atoms with Crippen molar-refractivity contribution >= 4 is 17.6 Å². The van der Waals surface area contributed by atoms with Gasteiger partial charge in [0.2, 0.25) is 5.91 Å². The highest BCUT2D eigenvalue weighted by atomic mass is 16.5. The molecule has 6 heteroatoms. The van der Waals surface area contributed by atoms with Crippen LogP contribution in [0.25, 0.3) is 0 Å².